The summed E-state index contributed by atoms with van der Waals surface area (Å²) in [6.07, 6.45) is 0.605. The van der Waals surface area contributed by atoms with E-state index in [1.54, 1.807) is 24.1 Å². The molecule has 0 unspecified atom stereocenters. The van der Waals surface area contributed by atoms with Gasteiger partial charge in [0.25, 0.3) is 5.69 Å². The molecule has 0 aliphatic heterocycles. The maximum absolute atomic E-state index is 11.2. The van der Waals surface area contributed by atoms with Crippen LogP contribution < -0.4 is 4.90 Å². The van der Waals surface area contributed by atoms with Crippen LogP contribution in [0.1, 0.15) is 21.5 Å². The van der Waals surface area contributed by atoms with Crippen molar-refractivity contribution in [1.29, 1.82) is 0 Å². The number of carbonyl (C=O) groups is 1. The molecule has 0 spiro atoms. The largest absolute Gasteiger partial charge is 0.339 e. The van der Waals surface area contributed by atoms with Crippen LogP contribution in [-0.2, 0) is 0 Å². The van der Waals surface area contributed by atoms with Crippen LogP contribution in [0.4, 0.5) is 17.1 Å². The zero-order chi connectivity index (χ0) is 15.6. The summed E-state index contributed by atoms with van der Waals surface area (Å²) in [5.74, 6) is 0. The molecule has 5 nitrogen and oxygen atoms in total. The minimum Gasteiger partial charge on any atom is -0.339 e. The standard InChI is InChI=1S/C16H16N2O3/c1-11-4-6-14(12(2)8-11)17(3)15-7-5-13(10-19)9-16(15)18(20)21/h4-10H,1-3H3. The predicted octanol–water partition coefficient (Wildman–Crippen LogP) is 3.79. The minimum atomic E-state index is -0.470. The number of nitrogens with zero attached hydrogens (tertiary/aromatic N) is 2. The first-order valence-electron chi connectivity index (χ1n) is 6.48. The number of anilines is 2. The summed E-state index contributed by atoms with van der Waals surface area (Å²) in [6.45, 7) is 3.96. The summed E-state index contributed by atoms with van der Waals surface area (Å²) in [5, 5.41) is 11.2. The number of rotatable bonds is 4. The Balaban J connectivity index is 2.54. The summed E-state index contributed by atoms with van der Waals surface area (Å²) in [5.41, 5.74) is 3.73. The summed E-state index contributed by atoms with van der Waals surface area (Å²) < 4.78 is 0. The maximum atomic E-state index is 11.2. The Morgan fingerprint density at radius 2 is 1.76 bits per heavy atom. The predicted molar refractivity (Wildman–Crippen MR) is 82.5 cm³/mol. The van der Waals surface area contributed by atoms with Crippen molar-refractivity contribution < 1.29 is 9.72 Å². The molecule has 0 bridgehead atoms. The molecule has 0 saturated heterocycles. The Labute approximate surface area is 123 Å². The van der Waals surface area contributed by atoms with Gasteiger partial charge in [-0.3, -0.25) is 14.9 Å². The van der Waals surface area contributed by atoms with Gasteiger partial charge in [0.2, 0.25) is 0 Å². The fraction of sp³-hybridized carbons (Fsp3) is 0.188. The Morgan fingerprint density at radius 3 is 2.33 bits per heavy atom. The van der Waals surface area contributed by atoms with Crippen LogP contribution in [0.3, 0.4) is 0 Å². The number of benzene rings is 2. The molecule has 21 heavy (non-hydrogen) atoms. The minimum absolute atomic E-state index is 0.0814. The van der Waals surface area contributed by atoms with Gasteiger partial charge in [-0.1, -0.05) is 17.7 Å². The molecule has 0 aliphatic carbocycles. The number of hydrogen-bond acceptors (Lipinski definition) is 4. The summed E-state index contributed by atoms with van der Waals surface area (Å²) in [6, 6.07) is 10.4. The lowest BCUT2D eigenvalue weighted by Gasteiger charge is -2.21. The number of aryl methyl sites for hydroxylation is 2. The van der Waals surface area contributed by atoms with E-state index in [0.717, 1.165) is 16.8 Å². The number of aldehydes is 1. The van der Waals surface area contributed by atoms with Crippen molar-refractivity contribution in [3.8, 4) is 0 Å². The van der Waals surface area contributed by atoms with Crippen molar-refractivity contribution in [2.75, 3.05) is 11.9 Å². The van der Waals surface area contributed by atoms with E-state index in [-0.39, 0.29) is 5.69 Å². The highest BCUT2D eigenvalue weighted by Crippen LogP contribution is 2.34. The maximum Gasteiger partial charge on any atom is 0.293 e. The molecule has 0 N–H and O–H groups in total. The molecule has 0 amide bonds. The molecule has 2 aromatic carbocycles. The second-order valence-corrected chi connectivity index (χ2v) is 4.97. The van der Waals surface area contributed by atoms with E-state index in [9.17, 15) is 14.9 Å². The van der Waals surface area contributed by atoms with Gasteiger partial charge < -0.3 is 4.90 Å². The molecule has 0 fully saturated rings. The first-order chi connectivity index (χ1) is 9.93. The zero-order valence-electron chi connectivity index (χ0n) is 12.2. The topological polar surface area (TPSA) is 63.5 Å². The fourth-order valence-corrected chi connectivity index (χ4v) is 2.36. The van der Waals surface area contributed by atoms with Crippen LogP contribution in [-0.4, -0.2) is 18.3 Å². The molecule has 0 aromatic heterocycles. The van der Waals surface area contributed by atoms with Crippen molar-refractivity contribution in [3.05, 3.63) is 63.2 Å². The third kappa shape index (κ3) is 2.91. The van der Waals surface area contributed by atoms with Gasteiger partial charge in [0.15, 0.2) is 0 Å². The Morgan fingerprint density at radius 1 is 1.10 bits per heavy atom. The molecule has 0 atom stereocenters. The molecular weight excluding hydrogens is 268 g/mol. The van der Waals surface area contributed by atoms with Crippen molar-refractivity contribution >= 4 is 23.3 Å². The molecule has 0 heterocycles. The van der Waals surface area contributed by atoms with Gasteiger partial charge in [-0.25, -0.2) is 0 Å². The summed E-state index contributed by atoms with van der Waals surface area (Å²) in [4.78, 5) is 23.3. The number of hydrogen-bond donors (Lipinski definition) is 0. The normalized spacial score (nSPS) is 10.2. The van der Waals surface area contributed by atoms with Gasteiger partial charge in [-0.15, -0.1) is 0 Å². The van der Waals surface area contributed by atoms with Gasteiger partial charge >= 0.3 is 0 Å². The molecule has 108 valence electrons. The van der Waals surface area contributed by atoms with Gasteiger partial charge in [0.1, 0.15) is 12.0 Å². The van der Waals surface area contributed by atoms with Gasteiger partial charge in [0.05, 0.1) is 4.92 Å². The van der Waals surface area contributed by atoms with E-state index in [4.69, 9.17) is 0 Å². The van der Waals surface area contributed by atoms with Crippen LogP contribution >= 0.6 is 0 Å². The van der Waals surface area contributed by atoms with E-state index < -0.39 is 4.92 Å². The first-order valence-corrected chi connectivity index (χ1v) is 6.48. The van der Waals surface area contributed by atoms with Crippen LogP contribution in [0.15, 0.2) is 36.4 Å². The van der Waals surface area contributed by atoms with Crippen LogP contribution in [0, 0.1) is 24.0 Å². The Hall–Kier alpha value is -2.69. The van der Waals surface area contributed by atoms with E-state index in [1.807, 2.05) is 32.0 Å². The third-order valence-electron chi connectivity index (χ3n) is 3.41. The molecule has 5 heteroatoms. The monoisotopic (exact) mass is 284 g/mol. The lowest BCUT2D eigenvalue weighted by Crippen LogP contribution is -2.13. The summed E-state index contributed by atoms with van der Waals surface area (Å²) in [7, 11) is 1.78. The number of nitro groups is 1. The van der Waals surface area contributed by atoms with E-state index in [2.05, 4.69) is 0 Å². The fourth-order valence-electron chi connectivity index (χ4n) is 2.36. The second kappa shape index (κ2) is 5.75. The molecule has 0 radical (unpaired) electrons. The zero-order valence-corrected chi connectivity index (χ0v) is 12.2. The van der Waals surface area contributed by atoms with E-state index in [1.165, 1.54) is 6.07 Å². The SMILES string of the molecule is Cc1ccc(N(C)c2ccc(C=O)cc2[N+](=O)[O-])c(C)c1. The van der Waals surface area contributed by atoms with Gasteiger partial charge in [-0.05, 0) is 37.6 Å². The van der Waals surface area contributed by atoms with Crippen molar-refractivity contribution in [3.63, 3.8) is 0 Å². The Bertz CT molecular complexity index is 711. The number of nitro benzene ring substituents is 1. The molecule has 0 saturated carbocycles. The quantitative estimate of drug-likeness (QED) is 0.487. The average Bonchev–Trinajstić information content (AvgIpc) is 2.46. The molecular formula is C16H16N2O3. The van der Waals surface area contributed by atoms with Crippen LogP contribution in [0.5, 0.6) is 0 Å². The van der Waals surface area contributed by atoms with Crippen molar-refractivity contribution in [2.24, 2.45) is 0 Å². The van der Waals surface area contributed by atoms with Crippen LogP contribution in [0.2, 0.25) is 0 Å². The van der Waals surface area contributed by atoms with Crippen LogP contribution in [0.25, 0.3) is 0 Å². The highest BCUT2D eigenvalue weighted by atomic mass is 16.6. The van der Waals surface area contributed by atoms with Gasteiger partial charge in [0, 0.05) is 24.4 Å². The van der Waals surface area contributed by atoms with E-state index in [0.29, 0.717) is 17.5 Å². The highest BCUT2D eigenvalue weighted by molar-refractivity contribution is 5.81. The smallest absolute Gasteiger partial charge is 0.293 e. The van der Waals surface area contributed by atoms with Gasteiger partial charge in [-0.2, -0.15) is 0 Å². The lowest BCUT2D eigenvalue weighted by molar-refractivity contribution is -0.384. The van der Waals surface area contributed by atoms with E-state index >= 15 is 0 Å². The third-order valence-corrected chi connectivity index (χ3v) is 3.41. The highest BCUT2D eigenvalue weighted by Gasteiger charge is 2.19. The molecule has 0 aliphatic rings. The molecule has 2 rings (SSSR count). The average molecular weight is 284 g/mol. The first kappa shape index (κ1) is 14.7. The second-order valence-electron chi connectivity index (χ2n) is 4.97. The lowest BCUT2D eigenvalue weighted by atomic mass is 10.1. The van der Waals surface area contributed by atoms with Crippen molar-refractivity contribution in [1.82, 2.24) is 0 Å². The number of carbonyl (C=O) groups excluding carboxylic acids is 1. The van der Waals surface area contributed by atoms with Crippen molar-refractivity contribution in [2.45, 2.75) is 13.8 Å². The Kier molecular flexibility index (Phi) is 4.03. The molecule has 2 aromatic rings. The summed E-state index contributed by atoms with van der Waals surface area (Å²) >= 11 is 0.